The summed E-state index contributed by atoms with van der Waals surface area (Å²) in [5, 5.41) is 19.5. The van der Waals surface area contributed by atoms with Crippen LogP contribution in [0, 0.1) is 29.6 Å². The van der Waals surface area contributed by atoms with Gasteiger partial charge in [-0.05, 0) is 150 Å². The minimum absolute atomic E-state index is 0.280. The van der Waals surface area contributed by atoms with Gasteiger partial charge in [0.2, 0.25) is 0 Å². The highest BCUT2D eigenvalue weighted by atomic mass is 14.5. The lowest BCUT2D eigenvalue weighted by atomic mass is 9.71. The third-order valence-corrected chi connectivity index (χ3v) is 13.3. The van der Waals surface area contributed by atoms with E-state index in [-0.39, 0.29) is 16.2 Å². The second kappa shape index (κ2) is 12.5. The maximum absolute atomic E-state index is 9.77. The number of allylic oxidation sites excluding steroid dienone is 5. The van der Waals surface area contributed by atoms with Crippen LogP contribution in [0.2, 0.25) is 0 Å². The molecule has 0 bridgehead atoms. The predicted octanol–water partition coefficient (Wildman–Crippen LogP) is 14.2. The summed E-state index contributed by atoms with van der Waals surface area (Å²) in [6.07, 6.45) is 5.65. The molecule has 2 heteroatoms. The van der Waals surface area contributed by atoms with Crippen LogP contribution in [0.15, 0.2) is 134 Å². The molecule has 0 spiro atoms. The molecule has 0 N–H and O–H groups in total. The molecular formula is C55H46N2. The van der Waals surface area contributed by atoms with Crippen LogP contribution in [0.4, 0.5) is 0 Å². The molecule has 0 aromatic heterocycles. The Kier molecular flexibility index (Phi) is 7.94. The topological polar surface area (TPSA) is 47.6 Å². The standard InChI is InChI=1S/C55H46N2/c1-10-33(30-56)25-35(11-2)38-19-22-41-44(27-38)53(4,5)50-47(41)51-48(42-23-20-39(28-45(42)54(51,6)7)36-17-15-32(3)16-18-36)52-49(50)43-24-21-40(29-46(43)55(52,8)9)37-14-12-13-34(26-37)31-57/h10-29H,1H2,2-9H3/b33-25+,35-11+. The summed E-state index contributed by atoms with van der Waals surface area (Å²) >= 11 is 0. The average molecular weight is 735 g/mol. The van der Waals surface area contributed by atoms with Gasteiger partial charge in [0.15, 0.2) is 0 Å². The Labute approximate surface area is 337 Å². The molecule has 276 valence electrons. The van der Waals surface area contributed by atoms with E-state index in [0.29, 0.717) is 11.1 Å². The highest BCUT2D eigenvalue weighted by Crippen LogP contribution is 2.67. The molecule has 57 heavy (non-hydrogen) atoms. The molecular weight excluding hydrogens is 689 g/mol. The van der Waals surface area contributed by atoms with E-state index in [0.717, 1.165) is 22.3 Å². The van der Waals surface area contributed by atoms with Crippen LogP contribution in [-0.2, 0) is 16.2 Å². The minimum Gasteiger partial charge on any atom is -0.192 e. The first-order valence-corrected chi connectivity index (χ1v) is 19.9. The zero-order valence-corrected chi connectivity index (χ0v) is 34.1. The highest BCUT2D eigenvalue weighted by molar-refractivity contribution is 6.05. The van der Waals surface area contributed by atoms with Gasteiger partial charge < -0.3 is 0 Å². The second-order valence-corrected chi connectivity index (χ2v) is 17.6. The number of hydrogen-bond donors (Lipinski definition) is 0. The van der Waals surface area contributed by atoms with Crippen molar-refractivity contribution in [2.24, 2.45) is 0 Å². The van der Waals surface area contributed by atoms with E-state index in [1.165, 1.54) is 83.5 Å². The van der Waals surface area contributed by atoms with Crippen molar-refractivity contribution < 1.29 is 0 Å². The van der Waals surface area contributed by atoms with Crippen molar-refractivity contribution in [2.45, 2.75) is 71.6 Å². The fourth-order valence-corrected chi connectivity index (χ4v) is 10.4. The van der Waals surface area contributed by atoms with Crippen LogP contribution in [-0.4, -0.2) is 0 Å². The van der Waals surface area contributed by atoms with E-state index >= 15 is 0 Å². The molecule has 0 saturated carbocycles. The molecule has 0 unspecified atom stereocenters. The van der Waals surface area contributed by atoms with Gasteiger partial charge in [-0.25, -0.2) is 0 Å². The minimum atomic E-state index is -0.325. The van der Waals surface area contributed by atoms with Gasteiger partial charge in [-0.2, -0.15) is 10.5 Å². The molecule has 6 aromatic rings. The summed E-state index contributed by atoms with van der Waals surface area (Å²) in [6, 6.07) is 42.5. The van der Waals surface area contributed by atoms with Crippen LogP contribution >= 0.6 is 0 Å². The number of fused-ring (bicyclic) bond motifs is 12. The van der Waals surface area contributed by atoms with Crippen molar-refractivity contribution in [1.82, 2.24) is 0 Å². The maximum Gasteiger partial charge on any atom is 0.0991 e. The molecule has 0 atom stereocenters. The van der Waals surface area contributed by atoms with E-state index in [1.54, 1.807) is 6.08 Å². The molecule has 0 radical (unpaired) electrons. The van der Waals surface area contributed by atoms with Gasteiger partial charge in [0.1, 0.15) is 0 Å². The van der Waals surface area contributed by atoms with Crippen LogP contribution < -0.4 is 0 Å². The van der Waals surface area contributed by atoms with Gasteiger partial charge in [0.05, 0.1) is 23.3 Å². The van der Waals surface area contributed by atoms with E-state index in [4.69, 9.17) is 0 Å². The summed E-state index contributed by atoms with van der Waals surface area (Å²) in [4.78, 5) is 0. The van der Waals surface area contributed by atoms with Crippen molar-refractivity contribution in [3.63, 3.8) is 0 Å². The van der Waals surface area contributed by atoms with Crippen molar-refractivity contribution in [3.8, 4) is 67.8 Å². The predicted molar refractivity (Wildman–Crippen MR) is 237 cm³/mol. The Morgan fingerprint density at radius 1 is 0.579 bits per heavy atom. The summed E-state index contributed by atoms with van der Waals surface area (Å²) in [5.74, 6) is 0. The summed E-state index contributed by atoms with van der Waals surface area (Å²) in [7, 11) is 0. The largest absolute Gasteiger partial charge is 0.192 e. The van der Waals surface area contributed by atoms with Crippen molar-refractivity contribution in [2.75, 3.05) is 0 Å². The van der Waals surface area contributed by atoms with Crippen LogP contribution in [0.3, 0.4) is 0 Å². The molecule has 3 aliphatic rings. The lowest BCUT2D eigenvalue weighted by molar-refractivity contribution is 0.636. The van der Waals surface area contributed by atoms with Crippen LogP contribution in [0.5, 0.6) is 0 Å². The molecule has 0 saturated heterocycles. The molecule has 0 amide bonds. The van der Waals surface area contributed by atoms with Gasteiger partial charge in [-0.15, -0.1) is 0 Å². The Balaban J connectivity index is 1.36. The van der Waals surface area contributed by atoms with E-state index in [1.807, 2.05) is 31.2 Å². The molecule has 9 rings (SSSR count). The van der Waals surface area contributed by atoms with E-state index in [9.17, 15) is 10.5 Å². The zero-order chi connectivity index (χ0) is 40.2. The molecule has 3 aliphatic carbocycles. The Bertz CT molecular complexity index is 2910. The molecule has 0 fully saturated rings. The fourth-order valence-electron chi connectivity index (χ4n) is 10.4. The van der Waals surface area contributed by atoms with Gasteiger partial charge in [0, 0.05) is 16.2 Å². The zero-order valence-electron chi connectivity index (χ0n) is 34.1. The van der Waals surface area contributed by atoms with E-state index < -0.39 is 0 Å². The maximum atomic E-state index is 9.77. The normalized spacial score (nSPS) is 16.0. The lowest BCUT2D eigenvalue weighted by Crippen LogP contribution is -2.22. The molecule has 0 heterocycles. The highest BCUT2D eigenvalue weighted by Gasteiger charge is 2.52. The lowest BCUT2D eigenvalue weighted by Gasteiger charge is -2.31. The number of aryl methyl sites for hydroxylation is 1. The van der Waals surface area contributed by atoms with Crippen LogP contribution in [0.1, 0.15) is 98.5 Å². The summed E-state index contributed by atoms with van der Waals surface area (Å²) < 4.78 is 0. The molecule has 0 aliphatic heterocycles. The molecule has 2 nitrogen and oxygen atoms in total. The van der Waals surface area contributed by atoms with Gasteiger partial charge in [0.25, 0.3) is 0 Å². The Morgan fingerprint density at radius 2 is 1.05 bits per heavy atom. The quantitative estimate of drug-likeness (QED) is 0.131. The van der Waals surface area contributed by atoms with Gasteiger partial charge in [-0.3, -0.25) is 0 Å². The van der Waals surface area contributed by atoms with Crippen molar-refractivity contribution >= 4 is 5.57 Å². The third kappa shape index (κ3) is 5.07. The first kappa shape index (κ1) is 36.2. The Morgan fingerprint density at radius 3 is 1.54 bits per heavy atom. The smallest absolute Gasteiger partial charge is 0.0991 e. The first-order chi connectivity index (χ1) is 27.3. The van der Waals surface area contributed by atoms with Crippen molar-refractivity contribution in [3.05, 3.63) is 184 Å². The van der Waals surface area contributed by atoms with Crippen molar-refractivity contribution in [1.29, 1.82) is 10.5 Å². The number of benzene rings is 6. The first-order valence-electron chi connectivity index (χ1n) is 19.9. The summed E-state index contributed by atoms with van der Waals surface area (Å²) in [5.41, 5.74) is 24.5. The SMILES string of the molecule is C=C/C(C#N)=C\C(=C/C)c1ccc2c(c1)C(C)(C)c1c-2c2c(c3c1-c1ccc(-c4cccc(C#N)c4)cc1C3(C)C)-c1ccc(-c3ccc(C)cc3)cc1C2(C)C. The fraction of sp³-hybridized carbons (Fsp3) is 0.200. The molecule has 6 aromatic carbocycles. The van der Waals surface area contributed by atoms with E-state index in [2.05, 4.69) is 158 Å². The van der Waals surface area contributed by atoms with Crippen LogP contribution in [0.25, 0.3) is 61.2 Å². The summed E-state index contributed by atoms with van der Waals surface area (Å²) in [6.45, 7) is 22.5. The second-order valence-electron chi connectivity index (χ2n) is 17.6. The number of hydrogen-bond acceptors (Lipinski definition) is 2. The Hall–Kier alpha value is -6.48. The monoisotopic (exact) mass is 734 g/mol. The average Bonchev–Trinajstić information content (AvgIpc) is 3.70. The van der Waals surface area contributed by atoms with Gasteiger partial charge >= 0.3 is 0 Å². The van der Waals surface area contributed by atoms with Gasteiger partial charge in [-0.1, -0.05) is 139 Å². The number of rotatable bonds is 5. The third-order valence-electron chi connectivity index (χ3n) is 13.3. The number of nitrogens with zero attached hydrogens (tertiary/aromatic N) is 2. The number of nitriles is 2.